The second-order valence-corrected chi connectivity index (χ2v) is 5.02. The number of hydrogen-bond donors (Lipinski definition) is 1. The summed E-state index contributed by atoms with van der Waals surface area (Å²) in [6.45, 7) is 4.88. The second kappa shape index (κ2) is 8.55. The summed E-state index contributed by atoms with van der Waals surface area (Å²) in [7, 11) is 0. The van der Waals surface area contributed by atoms with E-state index in [2.05, 4.69) is 18.3 Å². The molecule has 1 N–H and O–H groups in total. The molecule has 0 aliphatic carbocycles. The minimum absolute atomic E-state index is 0.484. The predicted octanol–water partition coefficient (Wildman–Crippen LogP) is 3.91. The van der Waals surface area contributed by atoms with E-state index >= 15 is 0 Å². The molecule has 0 spiro atoms. The number of nitrogens with one attached hydrogen (secondary N) is 1. The molecule has 0 amide bonds. The van der Waals surface area contributed by atoms with Crippen molar-refractivity contribution in [2.24, 2.45) is 0 Å². The molecule has 0 atom stereocenters. The standard InChI is InChI=1S/C17H20ClNO2/c1-2-19-13-14-5-3-7-16(11-14)20-9-10-21-17-8-4-6-15(18)12-17/h3-8,11-12,19H,2,9-10,13H2,1H3. The van der Waals surface area contributed by atoms with E-state index in [4.69, 9.17) is 21.1 Å². The highest BCUT2D eigenvalue weighted by molar-refractivity contribution is 6.30. The minimum atomic E-state index is 0.484. The molecule has 2 aromatic carbocycles. The summed E-state index contributed by atoms with van der Waals surface area (Å²) in [6.07, 6.45) is 0. The molecule has 0 radical (unpaired) electrons. The van der Waals surface area contributed by atoms with E-state index in [0.29, 0.717) is 18.2 Å². The lowest BCUT2D eigenvalue weighted by atomic mass is 10.2. The molecule has 0 saturated carbocycles. The summed E-state index contributed by atoms with van der Waals surface area (Å²) in [6, 6.07) is 15.4. The first kappa shape index (κ1) is 15.7. The monoisotopic (exact) mass is 305 g/mol. The Bertz CT molecular complexity index is 560. The maximum Gasteiger partial charge on any atom is 0.122 e. The van der Waals surface area contributed by atoms with Gasteiger partial charge in [0.2, 0.25) is 0 Å². The van der Waals surface area contributed by atoms with Crippen molar-refractivity contribution < 1.29 is 9.47 Å². The first-order valence-corrected chi connectivity index (χ1v) is 7.46. The molecule has 0 aliphatic rings. The van der Waals surface area contributed by atoms with Crippen molar-refractivity contribution in [3.8, 4) is 11.5 Å². The van der Waals surface area contributed by atoms with E-state index in [1.807, 2.05) is 36.4 Å². The van der Waals surface area contributed by atoms with Crippen molar-refractivity contribution in [2.75, 3.05) is 19.8 Å². The first-order valence-electron chi connectivity index (χ1n) is 7.09. The number of hydrogen-bond acceptors (Lipinski definition) is 3. The Morgan fingerprint density at radius 2 is 1.62 bits per heavy atom. The van der Waals surface area contributed by atoms with Crippen molar-refractivity contribution in [2.45, 2.75) is 13.5 Å². The molecule has 0 heterocycles. The van der Waals surface area contributed by atoms with Crippen molar-refractivity contribution in [1.29, 1.82) is 0 Å². The molecule has 0 bridgehead atoms. The molecule has 0 fully saturated rings. The van der Waals surface area contributed by atoms with Crippen molar-refractivity contribution in [3.63, 3.8) is 0 Å². The fourth-order valence-corrected chi connectivity index (χ4v) is 2.07. The molecule has 0 aliphatic heterocycles. The molecule has 21 heavy (non-hydrogen) atoms. The van der Waals surface area contributed by atoms with Gasteiger partial charge in [-0.3, -0.25) is 0 Å². The lowest BCUT2D eigenvalue weighted by Crippen LogP contribution is -2.12. The average molecular weight is 306 g/mol. The van der Waals surface area contributed by atoms with Crippen LogP contribution in [0.1, 0.15) is 12.5 Å². The van der Waals surface area contributed by atoms with Gasteiger partial charge in [0, 0.05) is 11.6 Å². The van der Waals surface area contributed by atoms with Gasteiger partial charge in [0.05, 0.1) is 0 Å². The predicted molar refractivity (Wildman–Crippen MR) is 86.3 cm³/mol. The fraction of sp³-hybridized carbons (Fsp3) is 0.294. The van der Waals surface area contributed by atoms with Gasteiger partial charge in [-0.2, -0.15) is 0 Å². The number of halogens is 1. The summed E-state index contributed by atoms with van der Waals surface area (Å²) in [5.41, 5.74) is 1.21. The topological polar surface area (TPSA) is 30.5 Å². The molecule has 0 saturated heterocycles. The molecular weight excluding hydrogens is 286 g/mol. The summed E-state index contributed by atoms with van der Waals surface area (Å²) < 4.78 is 11.3. The largest absolute Gasteiger partial charge is 0.490 e. The smallest absolute Gasteiger partial charge is 0.122 e. The van der Waals surface area contributed by atoms with Crippen LogP contribution in [0.2, 0.25) is 5.02 Å². The quantitative estimate of drug-likeness (QED) is 0.750. The Hall–Kier alpha value is -1.71. The van der Waals surface area contributed by atoms with E-state index in [9.17, 15) is 0 Å². The molecule has 2 aromatic rings. The van der Waals surface area contributed by atoms with Crippen LogP contribution in [0.3, 0.4) is 0 Å². The molecule has 0 aromatic heterocycles. The lowest BCUT2D eigenvalue weighted by molar-refractivity contribution is 0.217. The number of benzene rings is 2. The Morgan fingerprint density at radius 3 is 2.29 bits per heavy atom. The molecule has 3 nitrogen and oxygen atoms in total. The second-order valence-electron chi connectivity index (χ2n) is 4.58. The summed E-state index contributed by atoms with van der Waals surface area (Å²) in [4.78, 5) is 0. The summed E-state index contributed by atoms with van der Waals surface area (Å²) in [5.74, 6) is 1.62. The van der Waals surface area contributed by atoms with E-state index in [0.717, 1.165) is 24.6 Å². The highest BCUT2D eigenvalue weighted by atomic mass is 35.5. The van der Waals surface area contributed by atoms with Gasteiger partial charge in [0.1, 0.15) is 24.7 Å². The van der Waals surface area contributed by atoms with Crippen LogP contribution < -0.4 is 14.8 Å². The van der Waals surface area contributed by atoms with Gasteiger partial charge in [-0.05, 0) is 42.4 Å². The first-order chi connectivity index (χ1) is 10.3. The third-order valence-electron chi connectivity index (χ3n) is 2.89. The van der Waals surface area contributed by atoms with Crippen LogP contribution in [0.4, 0.5) is 0 Å². The summed E-state index contributed by atoms with van der Waals surface area (Å²) >= 11 is 5.90. The van der Waals surface area contributed by atoms with Gasteiger partial charge in [-0.1, -0.05) is 36.7 Å². The van der Waals surface area contributed by atoms with Crippen LogP contribution in [0.25, 0.3) is 0 Å². The van der Waals surface area contributed by atoms with Crippen LogP contribution in [-0.4, -0.2) is 19.8 Å². The third kappa shape index (κ3) is 5.66. The van der Waals surface area contributed by atoms with Gasteiger partial charge >= 0.3 is 0 Å². The Labute approximate surface area is 130 Å². The molecule has 0 unspecified atom stereocenters. The zero-order valence-electron chi connectivity index (χ0n) is 12.1. The molecule has 4 heteroatoms. The maximum atomic E-state index is 5.90. The third-order valence-corrected chi connectivity index (χ3v) is 3.13. The Balaban J connectivity index is 1.75. The zero-order chi connectivity index (χ0) is 14.9. The highest BCUT2D eigenvalue weighted by Crippen LogP contribution is 2.17. The maximum absolute atomic E-state index is 5.90. The van der Waals surface area contributed by atoms with Gasteiger partial charge in [0.25, 0.3) is 0 Å². The van der Waals surface area contributed by atoms with Gasteiger partial charge in [-0.25, -0.2) is 0 Å². The molecule has 112 valence electrons. The Kier molecular flexibility index (Phi) is 6.38. The fourth-order valence-electron chi connectivity index (χ4n) is 1.89. The van der Waals surface area contributed by atoms with E-state index in [1.54, 1.807) is 6.07 Å². The Morgan fingerprint density at radius 1 is 0.952 bits per heavy atom. The minimum Gasteiger partial charge on any atom is -0.490 e. The lowest BCUT2D eigenvalue weighted by Gasteiger charge is -2.10. The average Bonchev–Trinajstić information content (AvgIpc) is 2.50. The van der Waals surface area contributed by atoms with Gasteiger partial charge < -0.3 is 14.8 Å². The van der Waals surface area contributed by atoms with E-state index in [-0.39, 0.29) is 0 Å². The number of rotatable bonds is 8. The molecular formula is C17H20ClNO2. The van der Waals surface area contributed by atoms with Crippen LogP contribution in [0.5, 0.6) is 11.5 Å². The summed E-state index contributed by atoms with van der Waals surface area (Å²) in [5, 5.41) is 3.96. The van der Waals surface area contributed by atoms with Crippen molar-refractivity contribution in [3.05, 3.63) is 59.1 Å². The van der Waals surface area contributed by atoms with Crippen molar-refractivity contribution in [1.82, 2.24) is 5.32 Å². The normalized spacial score (nSPS) is 10.4. The van der Waals surface area contributed by atoms with Crippen LogP contribution in [-0.2, 0) is 6.54 Å². The zero-order valence-corrected chi connectivity index (χ0v) is 12.9. The van der Waals surface area contributed by atoms with E-state index in [1.165, 1.54) is 5.56 Å². The van der Waals surface area contributed by atoms with E-state index < -0.39 is 0 Å². The highest BCUT2D eigenvalue weighted by Gasteiger charge is 1.98. The van der Waals surface area contributed by atoms with Crippen LogP contribution in [0, 0.1) is 0 Å². The van der Waals surface area contributed by atoms with Gasteiger partial charge in [0.15, 0.2) is 0 Å². The van der Waals surface area contributed by atoms with Gasteiger partial charge in [-0.15, -0.1) is 0 Å². The molecule has 2 rings (SSSR count). The number of ether oxygens (including phenoxy) is 2. The SMILES string of the molecule is CCNCc1cccc(OCCOc2cccc(Cl)c2)c1. The van der Waals surface area contributed by atoms with Crippen LogP contribution >= 0.6 is 11.6 Å². The van der Waals surface area contributed by atoms with Crippen LogP contribution in [0.15, 0.2) is 48.5 Å². The van der Waals surface area contributed by atoms with Crippen molar-refractivity contribution >= 4 is 11.6 Å².